The normalized spacial score (nSPS) is 14.2. The fourth-order valence-electron chi connectivity index (χ4n) is 2.52. The van der Waals surface area contributed by atoms with E-state index in [1.165, 1.54) is 5.56 Å². The minimum atomic E-state index is 0.0784. The first-order valence-corrected chi connectivity index (χ1v) is 8.21. The molecule has 1 saturated heterocycles. The highest BCUT2D eigenvalue weighted by Gasteiger charge is 2.19. The number of carbonyl (C=O) groups is 1. The van der Waals surface area contributed by atoms with Gasteiger partial charge in [-0.05, 0) is 49.6 Å². The lowest BCUT2D eigenvalue weighted by Crippen LogP contribution is -2.27. The smallest absolute Gasteiger partial charge is 0.255 e. The van der Waals surface area contributed by atoms with Gasteiger partial charge in [0.05, 0.1) is 5.56 Å². The molecule has 1 fully saturated rings. The summed E-state index contributed by atoms with van der Waals surface area (Å²) in [5.41, 5.74) is 2.80. The fraction of sp³-hybridized carbons (Fsp3) is 0.294. The number of hydrogen-bond acceptors (Lipinski definition) is 3. The van der Waals surface area contributed by atoms with Crippen LogP contribution in [-0.4, -0.2) is 28.9 Å². The number of hydrogen-bond donors (Lipinski definition) is 1. The molecule has 2 heterocycles. The molecule has 0 atom stereocenters. The molecule has 1 aliphatic heterocycles. The first kappa shape index (κ1) is 15.0. The highest BCUT2D eigenvalue weighted by molar-refractivity contribution is 9.10. The molecule has 0 spiro atoms. The zero-order valence-corrected chi connectivity index (χ0v) is 14.1. The Balaban J connectivity index is 1.70. The summed E-state index contributed by atoms with van der Waals surface area (Å²) in [7, 11) is 0. The van der Waals surface area contributed by atoms with E-state index in [0.717, 1.165) is 41.9 Å². The van der Waals surface area contributed by atoms with Crippen molar-refractivity contribution in [2.24, 2.45) is 0 Å². The number of benzene rings is 1. The summed E-state index contributed by atoms with van der Waals surface area (Å²) >= 11 is 3.52. The summed E-state index contributed by atoms with van der Waals surface area (Å²) in [5.74, 6) is 0.809. The highest BCUT2D eigenvalue weighted by atomic mass is 79.9. The molecule has 2 aromatic rings. The van der Waals surface area contributed by atoms with Crippen LogP contribution in [-0.2, 0) is 0 Å². The molecule has 0 unspecified atom stereocenters. The van der Waals surface area contributed by atoms with Gasteiger partial charge in [0.25, 0.3) is 5.91 Å². The van der Waals surface area contributed by atoms with Crippen molar-refractivity contribution in [1.82, 2.24) is 9.88 Å². The zero-order chi connectivity index (χ0) is 15.5. The number of halogens is 1. The highest BCUT2D eigenvalue weighted by Crippen LogP contribution is 2.23. The van der Waals surface area contributed by atoms with Gasteiger partial charge < -0.3 is 10.2 Å². The van der Waals surface area contributed by atoms with E-state index in [9.17, 15) is 4.79 Å². The van der Waals surface area contributed by atoms with Gasteiger partial charge in [-0.3, -0.25) is 4.79 Å². The first-order valence-electron chi connectivity index (χ1n) is 7.42. The Kier molecular flexibility index (Phi) is 4.43. The number of anilines is 2. The van der Waals surface area contributed by atoms with Gasteiger partial charge in [0.2, 0.25) is 0 Å². The van der Waals surface area contributed by atoms with E-state index in [-0.39, 0.29) is 5.91 Å². The number of amides is 1. The summed E-state index contributed by atoms with van der Waals surface area (Å²) in [6.45, 7) is 3.76. The average molecular weight is 360 g/mol. The van der Waals surface area contributed by atoms with Crippen LogP contribution in [0, 0.1) is 6.92 Å². The van der Waals surface area contributed by atoms with E-state index in [1.54, 1.807) is 6.20 Å². The number of aryl methyl sites for hydroxylation is 1. The van der Waals surface area contributed by atoms with Crippen LogP contribution >= 0.6 is 15.9 Å². The van der Waals surface area contributed by atoms with Gasteiger partial charge in [0.15, 0.2) is 0 Å². The topological polar surface area (TPSA) is 45.2 Å². The van der Waals surface area contributed by atoms with Crippen LogP contribution in [0.25, 0.3) is 0 Å². The van der Waals surface area contributed by atoms with Gasteiger partial charge in [0.1, 0.15) is 5.82 Å². The molecule has 0 aliphatic carbocycles. The van der Waals surface area contributed by atoms with Crippen LogP contribution in [0.3, 0.4) is 0 Å². The third kappa shape index (κ3) is 3.30. The van der Waals surface area contributed by atoms with Crippen LogP contribution < -0.4 is 5.32 Å². The molecule has 0 saturated carbocycles. The molecule has 1 N–H and O–H groups in total. The van der Waals surface area contributed by atoms with Gasteiger partial charge in [-0.25, -0.2) is 4.98 Å². The van der Waals surface area contributed by atoms with Crippen LogP contribution in [0.1, 0.15) is 28.8 Å². The van der Waals surface area contributed by atoms with Gasteiger partial charge in [-0.15, -0.1) is 0 Å². The second kappa shape index (κ2) is 6.48. The predicted molar refractivity (Wildman–Crippen MR) is 91.5 cm³/mol. The molecule has 0 bridgehead atoms. The van der Waals surface area contributed by atoms with E-state index in [2.05, 4.69) is 26.2 Å². The Morgan fingerprint density at radius 1 is 1.23 bits per heavy atom. The minimum absolute atomic E-state index is 0.0784. The van der Waals surface area contributed by atoms with Crippen molar-refractivity contribution in [2.75, 3.05) is 18.4 Å². The van der Waals surface area contributed by atoms with Crippen molar-refractivity contribution >= 4 is 33.3 Å². The number of pyridine rings is 1. The van der Waals surface area contributed by atoms with Crippen molar-refractivity contribution < 1.29 is 4.79 Å². The largest absolute Gasteiger partial charge is 0.340 e. The lowest BCUT2D eigenvalue weighted by molar-refractivity contribution is 0.0792. The fourth-order valence-corrected chi connectivity index (χ4v) is 2.89. The lowest BCUT2D eigenvalue weighted by Gasteiger charge is -2.15. The van der Waals surface area contributed by atoms with Crippen LogP contribution in [0.5, 0.6) is 0 Å². The molecular formula is C17H18BrN3O. The lowest BCUT2D eigenvalue weighted by atomic mass is 10.2. The Bertz CT molecular complexity index is 679. The van der Waals surface area contributed by atoms with Crippen molar-refractivity contribution in [3.63, 3.8) is 0 Å². The average Bonchev–Trinajstić information content (AvgIpc) is 3.05. The molecular weight excluding hydrogens is 342 g/mol. The van der Waals surface area contributed by atoms with Crippen LogP contribution in [0.15, 0.2) is 41.0 Å². The molecule has 1 amide bonds. The molecule has 1 aliphatic rings. The zero-order valence-electron chi connectivity index (χ0n) is 12.5. The third-order valence-corrected chi connectivity index (χ3v) is 4.70. The standard InChI is InChI=1S/C17H18BrN3O/c1-12-4-6-14(10-15(12)18)20-16-7-5-13(11-19-16)17(22)21-8-2-3-9-21/h4-7,10-11H,2-3,8-9H2,1H3,(H,19,20). The molecule has 5 heteroatoms. The predicted octanol–water partition coefficient (Wildman–Crippen LogP) is 4.13. The summed E-state index contributed by atoms with van der Waals surface area (Å²) in [5, 5.41) is 3.24. The third-order valence-electron chi connectivity index (χ3n) is 3.85. The second-order valence-corrected chi connectivity index (χ2v) is 6.37. The molecule has 1 aromatic carbocycles. The number of rotatable bonds is 3. The maximum absolute atomic E-state index is 12.3. The molecule has 3 rings (SSSR count). The SMILES string of the molecule is Cc1ccc(Nc2ccc(C(=O)N3CCCC3)cn2)cc1Br. The molecule has 114 valence electrons. The Morgan fingerprint density at radius 2 is 2.00 bits per heavy atom. The second-order valence-electron chi connectivity index (χ2n) is 5.52. The summed E-state index contributed by atoms with van der Waals surface area (Å²) < 4.78 is 1.05. The minimum Gasteiger partial charge on any atom is -0.340 e. The molecule has 0 radical (unpaired) electrons. The Morgan fingerprint density at radius 3 is 2.64 bits per heavy atom. The van der Waals surface area contributed by atoms with E-state index < -0.39 is 0 Å². The van der Waals surface area contributed by atoms with Gasteiger partial charge in [-0.1, -0.05) is 22.0 Å². The van der Waals surface area contributed by atoms with Crippen molar-refractivity contribution in [2.45, 2.75) is 19.8 Å². The maximum Gasteiger partial charge on any atom is 0.255 e. The summed E-state index contributed by atoms with van der Waals surface area (Å²) in [4.78, 5) is 18.5. The monoisotopic (exact) mass is 359 g/mol. The Hall–Kier alpha value is -1.88. The maximum atomic E-state index is 12.3. The summed E-state index contributed by atoms with van der Waals surface area (Å²) in [6, 6.07) is 9.74. The molecule has 1 aromatic heterocycles. The number of nitrogens with one attached hydrogen (secondary N) is 1. The van der Waals surface area contributed by atoms with Gasteiger partial charge >= 0.3 is 0 Å². The number of carbonyl (C=O) groups excluding carboxylic acids is 1. The van der Waals surface area contributed by atoms with Crippen molar-refractivity contribution in [3.05, 3.63) is 52.1 Å². The van der Waals surface area contributed by atoms with E-state index >= 15 is 0 Å². The van der Waals surface area contributed by atoms with E-state index in [4.69, 9.17) is 0 Å². The molecule has 22 heavy (non-hydrogen) atoms. The number of nitrogens with zero attached hydrogens (tertiary/aromatic N) is 2. The van der Waals surface area contributed by atoms with E-state index in [0.29, 0.717) is 5.56 Å². The van der Waals surface area contributed by atoms with Crippen LogP contribution in [0.2, 0.25) is 0 Å². The van der Waals surface area contributed by atoms with Crippen molar-refractivity contribution in [1.29, 1.82) is 0 Å². The number of likely N-dealkylation sites (tertiary alicyclic amines) is 1. The molecule has 4 nitrogen and oxygen atoms in total. The first-order chi connectivity index (χ1) is 10.6. The quantitative estimate of drug-likeness (QED) is 0.895. The number of aromatic nitrogens is 1. The van der Waals surface area contributed by atoms with Gasteiger partial charge in [-0.2, -0.15) is 0 Å². The van der Waals surface area contributed by atoms with Crippen LogP contribution in [0.4, 0.5) is 11.5 Å². The van der Waals surface area contributed by atoms with Gasteiger partial charge in [0, 0.05) is 29.4 Å². The summed E-state index contributed by atoms with van der Waals surface area (Å²) in [6.07, 6.45) is 3.84. The van der Waals surface area contributed by atoms with Crippen molar-refractivity contribution in [3.8, 4) is 0 Å². The van der Waals surface area contributed by atoms with E-state index in [1.807, 2.05) is 42.2 Å². The Labute approximate surface area is 138 Å².